The number of piperidine rings is 1. The first kappa shape index (κ1) is 19.7. The Kier molecular flexibility index (Phi) is 7.26. The van der Waals surface area contributed by atoms with Crippen molar-refractivity contribution in [3.8, 4) is 0 Å². The van der Waals surface area contributed by atoms with Crippen LogP contribution in [0.15, 0.2) is 18.2 Å². The molecule has 0 spiro atoms. The van der Waals surface area contributed by atoms with Gasteiger partial charge in [-0.3, -0.25) is 0 Å². The zero-order valence-electron chi connectivity index (χ0n) is 16.4. The maximum Gasteiger partial charge on any atom is 0.315 e. The number of nitrogens with zero attached hydrogens (tertiary/aromatic N) is 2. The molecule has 0 aliphatic carbocycles. The minimum atomic E-state index is -0.0865. The number of amides is 2. The lowest BCUT2D eigenvalue weighted by Gasteiger charge is -2.35. The Labute approximate surface area is 152 Å². The SMILES string of the molecule is Cc1cccc(C(C)NC(=O)NCCN2CCC(N(C)C)CC2)c1C. The van der Waals surface area contributed by atoms with Gasteiger partial charge < -0.3 is 20.4 Å². The first-order valence-corrected chi connectivity index (χ1v) is 9.37. The molecular formula is C20H34N4O. The van der Waals surface area contributed by atoms with Crippen molar-refractivity contribution >= 4 is 6.03 Å². The molecule has 1 aliphatic heterocycles. The number of urea groups is 1. The monoisotopic (exact) mass is 346 g/mol. The molecule has 1 atom stereocenters. The molecule has 1 heterocycles. The van der Waals surface area contributed by atoms with E-state index < -0.39 is 0 Å². The molecule has 2 rings (SSSR count). The zero-order chi connectivity index (χ0) is 18.4. The molecule has 1 aromatic carbocycles. The predicted octanol–water partition coefficient (Wildman–Crippen LogP) is 2.69. The summed E-state index contributed by atoms with van der Waals surface area (Å²) in [5.41, 5.74) is 3.69. The first-order valence-electron chi connectivity index (χ1n) is 9.37. The van der Waals surface area contributed by atoms with Gasteiger partial charge in [0, 0.05) is 19.1 Å². The van der Waals surface area contributed by atoms with Gasteiger partial charge in [-0.25, -0.2) is 4.79 Å². The number of carbonyl (C=O) groups excluding carboxylic acids is 1. The molecule has 0 radical (unpaired) electrons. The van der Waals surface area contributed by atoms with Gasteiger partial charge in [-0.05, 0) is 77.5 Å². The second-order valence-corrected chi connectivity index (χ2v) is 7.45. The Balaban J connectivity index is 1.70. The van der Waals surface area contributed by atoms with Gasteiger partial charge in [0.15, 0.2) is 0 Å². The van der Waals surface area contributed by atoms with Gasteiger partial charge in [-0.2, -0.15) is 0 Å². The Hall–Kier alpha value is -1.59. The van der Waals surface area contributed by atoms with E-state index in [0.717, 1.165) is 19.6 Å². The second kappa shape index (κ2) is 9.20. The fourth-order valence-electron chi connectivity index (χ4n) is 3.56. The van der Waals surface area contributed by atoms with Gasteiger partial charge in [0.1, 0.15) is 0 Å². The summed E-state index contributed by atoms with van der Waals surface area (Å²) in [5, 5.41) is 6.05. The van der Waals surface area contributed by atoms with E-state index in [1.165, 1.54) is 29.5 Å². The smallest absolute Gasteiger partial charge is 0.315 e. The van der Waals surface area contributed by atoms with Crippen LogP contribution < -0.4 is 10.6 Å². The Morgan fingerprint density at radius 2 is 1.96 bits per heavy atom. The van der Waals surface area contributed by atoms with E-state index in [4.69, 9.17) is 0 Å². The van der Waals surface area contributed by atoms with Gasteiger partial charge >= 0.3 is 6.03 Å². The summed E-state index contributed by atoms with van der Waals surface area (Å²) in [5.74, 6) is 0. The summed E-state index contributed by atoms with van der Waals surface area (Å²) in [6.07, 6.45) is 2.42. The van der Waals surface area contributed by atoms with E-state index in [-0.39, 0.29) is 12.1 Å². The molecule has 5 nitrogen and oxygen atoms in total. The molecule has 0 bridgehead atoms. The molecular weight excluding hydrogens is 312 g/mol. The maximum atomic E-state index is 12.2. The summed E-state index contributed by atoms with van der Waals surface area (Å²) >= 11 is 0. The van der Waals surface area contributed by atoms with Crippen molar-refractivity contribution in [2.24, 2.45) is 0 Å². The third-order valence-electron chi connectivity index (χ3n) is 5.46. The minimum Gasteiger partial charge on any atom is -0.337 e. The van der Waals surface area contributed by atoms with Gasteiger partial charge in [0.2, 0.25) is 0 Å². The third-order valence-corrected chi connectivity index (χ3v) is 5.46. The number of nitrogens with one attached hydrogen (secondary N) is 2. The Morgan fingerprint density at radius 1 is 1.28 bits per heavy atom. The number of hydrogen-bond acceptors (Lipinski definition) is 3. The van der Waals surface area contributed by atoms with Crippen LogP contribution in [0.2, 0.25) is 0 Å². The van der Waals surface area contributed by atoms with Crippen LogP contribution in [0.4, 0.5) is 4.79 Å². The van der Waals surface area contributed by atoms with Gasteiger partial charge in [-0.15, -0.1) is 0 Å². The molecule has 5 heteroatoms. The minimum absolute atomic E-state index is 0.00994. The van der Waals surface area contributed by atoms with Crippen LogP contribution in [0.5, 0.6) is 0 Å². The number of carbonyl (C=O) groups is 1. The number of benzene rings is 1. The lowest BCUT2D eigenvalue weighted by molar-refractivity contribution is 0.145. The number of hydrogen-bond donors (Lipinski definition) is 2. The van der Waals surface area contributed by atoms with E-state index in [2.05, 4.69) is 60.5 Å². The number of likely N-dealkylation sites (tertiary alicyclic amines) is 1. The summed E-state index contributed by atoms with van der Waals surface area (Å²) in [7, 11) is 4.31. The fraction of sp³-hybridized carbons (Fsp3) is 0.650. The molecule has 140 valence electrons. The molecule has 2 amide bonds. The topological polar surface area (TPSA) is 47.6 Å². The van der Waals surface area contributed by atoms with Gasteiger partial charge in [0.25, 0.3) is 0 Å². The highest BCUT2D eigenvalue weighted by atomic mass is 16.2. The summed E-state index contributed by atoms with van der Waals surface area (Å²) in [6.45, 7) is 10.1. The molecule has 0 aromatic heterocycles. The highest BCUT2D eigenvalue weighted by Gasteiger charge is 2.20. The normalized spacial score (nSPS) is 17.5. The third kappa shape index (κ3) is 5.72. The van der Waals surface area contributed by atoms with E-state index in [0.29, 0.717) is 12.6 Å². The van der Waals surface area contributed by atoms with Crippen LogP contribution in [0.3, 0.4) is 0 Å². The quantitative estimate of drug-likeness (QED) is 0.833. The van der Waals surface area contributed by atoms with Crippen LogP contribution in [-0.2, 0) is 0 Å². The average molecular weight is 347 g/mol. The molecule has 2 N–H and O–H groups in total. The van der Waals surface area contributed by atoms with Crippen molar-refractivity contribution < 1.29 is 4.79 Å². The van der Waals surface area contributed by atoms with Gasteiger partial charge in [0.05, 0.1) is 6.04 Å². The van der Waals surface area contributed by atoms with Gasteiger partial charge in [-0.1, -0.05) is 18.2 Å². The molecule has 1 fully saturated rings. The highest BCUT2D eigenvalue weighted by molar-refractivity contribution is 5.74. The van der Waals surface area contributed by atoms with Crippen molar-refractivity contribution in [2.45, 2.75) is 45.7 Å². The largest absolute Gasteiger partial charge is 0.337 e. The predicted molar refractivity (Wildman–Crippen MR) is 104 cm³/mol. The Bertz CT molecular complexity index is 565. The van der Waals surface area contributed by atoms with E-state index in [1.807, 2.05) is 13.0 Å². The summed E-state index contributed by atoms with van der Waals surface area (Å²) < 4.78 is 0. The highest BCUT2D eigenvalue weighted by Crippen LogP contribution is 2.19. The lowest BCUT2D eigenvalue weighted by Crippen LogP contribution is -2.46. The molecule has 1 aliphatic rings. The van der Waals surface area contributed by atoms with E-state index in [9.17, 15) is 4.79 Å². The van der Waals surface area contributed by atoms with E-state index >= 15 is 0 Å². The number of aryl methyl sites for hydroxylation is 1. The van der Waals surface area contributed by atoms with Crippen molar-refractivity contribution in [2.75, 3.05) is 40.3 Å². The van der Waals surface area contributed by atoms with E-state index in [1.54, 1.807) is 0 Å². The maximum absolute atomic E-state index is 12.2. The Morgan fingerprint density at radius 3 is 2.60 bits per heavy atom. The zero-order valence-corrected chi connectivity index (χ0v) is 16.4. The van der Waals surface area contributed by atoms with Crippen LogP contribution in [0, 0.1) is 13.8 Å². The summed E-state index contributed by atoms with van der Waals surface area (Å²) in [4.78, 5) is 16.9. The summed E-state index contributed by atoms with van der Waals surface area (Å²) in [6, 6.07) is 6.86. The first-order chi connectivity index (χ1) is 11.9. The average Bonchev–Trinajstić information content (AvgIpc) is 2.57. The number of rotatable bonds is 6. The lowest BCUT2D eigenvalue weighted by atomic mass is 9.98. The van der Waals surface area contributed by atoms with Crippen LogP contribution in [0.25, 0.3) is 0 Å². The van der Waals surface area contributed by atoms with Crippen LogP contribution in [-0.4, -0.2) is 62.1 Å². The van der Waals surface area contributed by atoms with Crippen molar-refractivity contribution in [3.63, 3.8) is 0 Å². The molecule has 1 aromatic rings. The molecule has 25 heavy (non-hydrogen) atoms. The fourth-order valence-corrected chi connectivity index (χ4v) is 3.56. The molecule has 0 saturated carbocycles. The standard InChI is InChI=1S/C20H34N4O/c1-15-7-6-8-19(16(15)2)17(3)22-20(25)21-11-14-24-12-9-18(10-13-24)23(4)5/h6-8,17-18H,9-14H2,1-5H3,(H2,21,22,25). The van der Waals surface area contributed by atoms with Crippen molar-refractivity contribution in [1.29, 1.82) is 0 Å². The van der Waals surface area contributed by atoms with Crippen LogP contribution >= 0.6 is 0 Å². The van der Waals surface area contributed by atoms with Crippen molar-refractivity contribution in [3.05, 3.63) is 34.9 Å². The van der Waals surface area contributed by atoms with Crippen molar-refractivity contribution in [1.82, 2.24) is 20.4 Å². The molecule has 1 saturated heterocycles. The molecule has 1 unspecified atom stereocenters. The second-order valence-electron chi connectivity index (χ2n) is 7.45. The van der Waals surface area contributed by atoms with Crippen LogP contribution in [0.1, 0.15) is 42.5 Å².